The zero-order chi connectivity index (χ0) is 28.7. The zero-order valence-corrected chi connectivity index (χ0v) is 25.3. The summed E-state index contributed by atoms with van der Waals surface area (Å²) in [5.41, 5.74) is 6.39. The quantitative estimate of drug-likeness (QED) is 0.170. The van der Waals surface area contributed by atoms with Gasteiger partial charge in [-0.25, -0.2) is 0 Å². The number of carbonyl (C=O) groups is 1. The monoisotopic (exact) mass is 573 g/mol. The SMILES string of the molecule is Cc1cc(O)cc(C)c1CC(C)(C)NCC(=O)c1ccc(OCc2ccccc2)c(OCc2ccccc2)c1C.Cl. The van der Waals surface area contributed by atoms with Crippen molar-refractivity contribution in [1.29, 1.82) is 0 Å². The Hall–Kier alpha value is -3.80. The number of hydrogen-bond acceptors (Lipinski definition) is 5. The third-order valence-electron chi connectivity index (χ3n) is 7.16. The number of hydrogen-bond donors (Lipinski definition) is 2. The lowest BCUT2D eigenvalue weighted by Gasteiger charge is -2.28. The number of halogens is 1. The second-order valence-electron chi connectivity index (χ2n) is 11.0. The molecule has 41 heavy (non-hydrogen) atoms. The summed E-state index contributed by atoms with van der Waals surface area (Å²) in [6.07, 6.45) is 0.731. The Bertz CT molecular complexity index is 1430. The molecule has 0 aliphatic heterocycles. The highest BCUT2D eigenvalue weighted by molar-refractivity contribution is 5.99. The van der Waals surface area contributed by atoms with Gasteiger partial charge in [-0.3, -0.25) is 4.79 Å². The molecule has 0 radical (unpaired) electrons. The Labute approximate surface area is 250 Å². The third-order valence-corrected chi connectivity index (χ3v) is 7.16. The highest BCUT2D eigenvalue weighted by atomic mass is 35.5. The Morgan fingerprint density at radius 2 is 1.34 bits per heavy atom. The van der Waals surface area contributed by atoms with Crippen LogP contribution in [0, 0.1) is 20.8 Å². The van der Waals surface area contributed by atoms with Gasteiger partial charge in [0.1, 0.15) is 19.0 Å². The number of ketones is 1. The van der Waals surface area contributed by atoms with E-state index in [1.165, 1.54) is 5.56 Å². The van der Waals surface area contributed by atoms with Crippen molar-refractivity contribution >= 4 is 18.2 Å². The number of benzene rings is 4. The molecule has 0 amide bonds. The predicted octanol–water partition coefficient (Wildman–Crippen LogP) is 7.69. The first-order valence-electron chi connectivity index (χ1n) is 13.7. The molecule has 0 saturated carbocycles. The minimum Gasteiger partial charge on any atom is -0.508 e. The van der Waals surface area contributed by atoms with Crippen molar-refractivity contribution in [3.8, 4) is 17.2 Å². The summed E-state index contributed by atoms with van der Waals surface area (Å²) in [5.74, 6) is 1.46. The lowest BCUT2D eigenvalue weighted by molar-refractivity contribution is 0.0979. The highest BCUT2D eigenvalue weighted by Crippen LogP contribution is 2.35. The summed E-state index contributed by atoms with van der Waals surface area (Å²) < 4.78 is 12.4. The van der Waals surface area contributed by atoms with E-state index in [1.54, 1.807) is 12.1 Å². The molecule has 5 nitrogen and oxygen atoms in total. The van der Waals surface area contributed by atoms with E-state index in [0.29, 0.717) is 30.3 Å². The van der Waals surface area contributed by atoms with Crippen LogP contribution in [0.25, 0.3) is 0 Å². The van der Waals surface area contributed by atoms with Crippen molar-refractivity contribution < 1.29 is 19.4 Å². The van der Waals surface area contributed by atoms with E-state index in [4.69, 9.17) is 9.47 Å². The van der Waals surface area contributed by atoms with Gasteiger partial charge in [-0.05, 0) is 93.1 Å². The minimum atomic E-state index is -0.332. The maximum atomic E-state index is 13.5. The van der Waals surface area contributed by atoms with Crippen LogP contribution in [0.3, 0.4) is 0 Å². The van der Waals surface area contributed by atoms with Crippen LogP contribution >= 0.6 is 12.4 Å². The number of nitrogens with one attached hydrogen (secondary N) is 1. The molecular formula is C35H40ClNO4. The molecule has 6 heteroatoms. The lowest BCUT2D eigenvalue weighted by Crippen LogP contribution is -2.44. The van der Waals surface area contributed by atoms with Crippen molar-refractivity contribution in [2.45, 2.75) is 59.8 Å². The van der Waals surface area contributed by atoms with E-state index < -0.39 is 0 Å². The fourth-order valence-corrected chi connectivity index (χ4v) is 4.90. The van der Waals surface area contributed by atoms with Crippen LogP contribution in [-0.2, 0) is 19.6 Å². The number of Topliss-reactive ketones (excluding diaryl/α,β-unsaturated/α-hetero) is 1. The summed E-state index contributed by atoms with van der Waals surface area (Å²) in [6, 6.07) is 27.2. The van der Waals surface area contributed by atoms with Gasteiger partial charge < -0.3 is 19.9 Å². The van der Waals surface area contributed by atoms with Crippen LogP contribution < -0.4 is 14.8 Å². The van der Waals surface area contributed by atoms with Crippen molar-refractivity contribution in [3.63, 3.8) is 0 Å². The molecule has 0 fully saturated rings. The van der Waals surface area contributed by atoms with Gasteiger partial charge in [0.25, 0.3) is 0 Å². The van der Waals surface area contributed by atoms with Crippen LogP contribution in [-0.4, -0.2) is 23.0 Å². The van der Waals surface area contributed by atoms with Gasteiger partial charge in [0.15, 0.2) is 17.3 Å². The summed E-state index contributed by atoms with van der Waals surface area (Å²) in [4.78, 5) is 13.5. The molecular weight excluding hydrogens is 534 g/mol. The van der Waals surface area contributed by atoms with E-state index in [2.05, 4.69) is 19.2 Å². The number of aromatic hydroxyl groups is 1. The second kappa shape index (κ2) is 14.2. The van der Waals surface area contributed by atoms with Crippen molar-refractivity contribution in [1.82, 2.24) is 5.32 Å². The van der Waals surface area contributed by atoms with E-state index in [-0.39, 0.29) is 36.0 Å². The molecule has 0 aliphatic rings. The van der Waals surface area contributed by atoms with Gasteiger partial charge in [0.2, 0.25) is 0 Å². The smallest absolute Gasteiger partial charge is 0.177 e. The van der Waals surface area contributed by atoms with E-state index in [9.17, 15) is 9.90 Å². The van der Waals surface area contributed by atoms with Crippen LogP contribution in [0.15, 0.2) is 84.9 Å². The largest absolute Gasteiger partial charge is 0.508 e. The predicted molar refractivity (Wildman–Crippen MR) is 168 cm³/mol. The maximum Gasteiger partial charge on any atom is 0.177 e. The molecule has 0 bridgehead atoms. The average molecular weight is 574 g/mol. The van der Waals surface area contributed by atoms with Gasteiger partial charge in [-0.2, -0.15) is 0 Å². The van der Waals surface area contributed by atoms with Crippen LogP contribution in [0.5, 0.6) is 17.2 Å². The fraction of sp³-hybridized carbons (Fsp3) is 0.286. The second-order valence-corrected chi connectivity index (χ2v) is 11.0. The van der Waals surface area contributed by atoms with Gasteiger partial charge in [0.05, 0.1) is 6.54 Å². The normalized spacial score (nSPS) is 11.0. The first kappa shape index (κ1) is 31.7. The molecule has 0 heterocycles. The van der Waals surface area contributed by atoms with Crippen LogP contribution in [0.4, 0.5) is 0 Å². The topological polar surface area (TPSA) is 67.8 Å². The molecule has 0 aliphatic carbocycles. The molecule has 4 aromatic rings. The van der Waals surface area contributed by atoms with Crippen molar-refractivity contribution in [2.24, 2.45) is 0 Å². The Kier molecular flexibility index (Phi) is 11.0. The van der Waals surface area contributed by atoms with Crippen LogP contribution in [0.2, 0.25) is 0 Å². The van der Waals surface area contributed by atoms with E-state index >= 15 is 0 Å². The number of phenolic OH excluding ortho intramolecular Hbond substituents is 1. The fourth-order valence-electron chi connectivity index (χ4n) is 4.90. The third kappa shape index (κ3) is 8.59. The molecule has 4 rings (SSSR count). The van der Waals surface area contributed by atoms with Gasteiger partial charge >= 0.3 is 0 Å². The molecule has 0 saturated heterocycles. The van der Waals surface area contributed by atoms with Crippen LogP contribution in [0.1, 0.15) is 57.6 Å². The molecule has 0 aromatic heterocycles. The number of phenols is 1. The van der Waals surface area contributed by atoms with E-state index in [0.717, 1.165) is 34.2 Å². The summed E-state index contributed by atoms with van der Waals surface area (Å²) in [6.45, 7) is 11.1. The standard InChI is InChI=1S/C35H39NO4.ClH/c1-24-18-29(37)19-25(2)31(24)20-35(4,5)36-21-32(38)30-16-17-33(39-22-27-12-8-6-9-13-27)34(26(30)3)40-23-28-14-10-7-11-15-28;/h6-19,36-37H,20-23H2,1-5H3;1H. The van der Waals surface area contributed by atoms with Gasteiger partial charge in [-0.15, -0.1) is 12.4 Å². The minimum absolute atomic E-state index is 0. The van der Waals surface area contributed by atoms with Gasteiger partial charge in [-0.1, -0.05) is 60.7 Å². The summed E-state index contributed by atoms with van der Waals surface area (Å²) >= 11 is 0. The number of aryl methyl sites for hydroxylation is 2. The Balaban J connectivity index is 0.00000462. The van der Waals surface area contributed by atoms with Gasteiger partial charge in [0, 0.05) is 16.7 Å². The molecule has 4 aromatic carbocycles. The molecule has 0 spiro atoms. The zero-order valence-electron chi connectivity index (χ0n) is 24.5. The number of carbonyl (C=O) groups excluding carboxylic acids is 1. The molecule has 2 N–H and O–H groups in total. The number of rotatable bonds is 12. The summed E-state index contributed by atoms with van der Waals surface area (Å²) in [5, 5.41) is 13.4. The first-order chi connectivity index (χ1) is 19.1. The molecule has 216 valence electrons. The molecule has 0 unspecified atom stereocenters. The number of ether oxygens (including phenoxy) is 2. The Morgan fingerprint density at radius 3 is 1.90 bits per heavy atom. The first-order valence-corrected chi connectivity index (χ1v) is 13.7. The Morgan fingerprint density at radius 1 is 0.805 bits per heavy atom. The van der Waals surface area contributed by atoms with E-state index in [1.807, 2.05) is 93.6 Å². The summed E-state index contributed by atoms with van der Waals surface area (Å²) in [7, 11) is 0. The lowest BCUT2D eigenvalue weighted by atomic mass is 9.89. The molecule has 0 atom stereocenters. The maximum absolute atomic E-state index is 13.5. The van der Waals surface area contributed by atoms with Crippen molar-refractivity contribution in [2.75, 3.05) is 6.54 Å². The highest BCUT2D eigenvalue weighted by Gasteiger charge is 2.24. The average Bonchev–Trinajstić information content (AvgIpc) is 2.93. The van der Waals surface area contributed by atoms with Crippen molar-refractivity contribution in [3.05, 3.63) is 124 Å².